The van der Waals surface area contributed by atoms with E-state index in [2.05, 4.69) is 21.1 Å². The van der Waals surface area contributed by atoms with E-state index in [0.717, 1.165) is 22.6 Å². The van der Waals surface area contributed by atoms with Crippen LogP contribution in [0.1, 0.15) is 25.0 Å². The van der Waals surface area contributed by atoms with Crippen molar-refractivity contribution in [2.45, 2.75) is 13.8 Å². The maximum absolute atomic E-state index is 11.6. The van der Waals surface area contributed by atoms with Crippen LogP contribution in [0.3, 0.4) is 0 Å². The molecule has 0 aliphatic carbocycles. The average molecular weight is 354 g/mol. The van der Waals surface area contributed by atoms with Crippen molar-refractivity contribution < 1.29 is 14.3 Å². The summed E-state index contributed by atoms with van der Waals surface area (Å²) >= 11 is 0. The lowest BCUT2D eigenvalue weighted by molar-refractivity contribution is 0.242. The number of urea groups is 1. The highest BCUT2D eigenvalue weighted by molar-refractivity contribution is 5.83. The standard InChI is InChI=1S/C19H22N4O3/c1-3-25-17-9-5-15(6-10-17)13-20-22-19(24)23-21-14-16-7-11-18(12-8-16)26-4-2/h5-14H,3-4H2,1-2H3,(H2,22,23,24)/b20-13-,21-14-. The van der Waals surface area contributed by atoms with Gasteiger partial charge in [-0.15, -0.1) is 0 Å². The number of hydrazone groups is 2. The Morgan fingerprint density at radius 3 is 1.54 bits per heavy atom. The van der Waals surface area contributed by atoms with Crippen molar-refractivity contribution in [2.75, 3.05) is 13.2 Å². The van der Waals surface area contributed by atoms with Gasteiger partial charge < -0.3 is 9.47 Å². The second-order valence-corrected chi connectivity index (χ2v) is 5.07. The van der Waals surface area contributed by atoms with Crippen molar-refractivity contribution in [3.63, 3.8) is 0 Å². The second-order valence-electron chi connectivity index (χ2n) is 5.07. The summed E-state index contributed by atoms with van der Waals surface area (Å²) in [4.78, 5) is 11.6. The zero-order valence-electron chi connectivity index (χ0n) is 14.8. The fourth-order valence-electron chi connectivity index (χ4n) is 1.99. The highest BCUT2D eigenvalue weighted by atomic mass is 16.5. The molecule has 0 unspecified atom stereocenters. The number of nitrogens with one attached hydrogen (secondary N) is 2. The molecule has 0 aliphatic heterocycles. The number of nitrogens with zero attached hydrogens (tertiary/aromatic N) is 2. The summed E-state index contributed by atoms with van der Waals surface area (Å²) in [6, 6.07) is 14.2. The summed E-state index contributed by atoms with van der Waals surface area (Å²) in [5.41, 5.74) is 6.35. The van der Waals surface area contributed by atoms with Crippen molar-refractivity contribution in [1.29, 1.82) is 0 Å². The van der Waals surface area contributed by atoms with Crippen LogP contribution < -0.4 is 20.3 Å². The Morgan fingerprint density at radius 1 is 0.808 bits per heavy atom. The topological polar surface area (TPSA) is 84.3 Å². The summed E-state index contributed by atoms with van der Waals surface area (Å²) in [6.07, 6.45) is 3.07. The van der Waals surface area contributed by atoms with Crippen molar-refractivity contribution in [3.8, 4) is 11.5 Å². The summed E-state index contributed by atoms with van der Waals surface area (Å²) in [5, 5.41) is 7.71. The number of carbonyl (C=O) groups excluding carboxylic acids is 1. The molecule has 0 heterocycles. The van der Waals surface area contributed by atoms with Gasteiger partial charge >= 0.3 is 6.03 Å². The van der Waals surface area contributed by atoms with Gasteiger partial charge in [-0.1, -0.05) is 0 Å². The van der Waals surface area contributed by atoms with Crippen LogP contribution in [-0.4, -0.2) is 31.7 Å². The Labute approximate surface area is 152 Å². The van der Waals surface area contributed by atoms with Gasteiger partial charge in [0.15, 0.2) is 0 Å². The lowest BCUT2D eigenvalue weighted by Crippen LogP contribution is -2.28. The number of carbonyl (C=O) groups is 1. The summed E-state index contributed by atoms with van der Waals surface area (Å²) < 4.78 is 10.7. The van der Waals surface area contributed by atoms with Crippen molar-refractivity contribution in [2.24, 2.45) is 10.2 Å². The molecule has 7 heteroatoms. The molecular weight excluding hydrogens is 332 g/mol. The normalized spacial score (nSPS) is 10.8. The minimum atomic E-state index is -0.533. The van der Waals surface area contributed by atoms with Gasteiger partial charge in [-0.3, -0.25) is 0 Å². The Morgan fingerprint density at radius 2 is 1.19 bits per heavy atom. The zero-order valence-corrected chi connectivity index (χ0v) is 14.8. The molecule has 26 heavy (non-hydrogen) atoms. The first-order valence-corrected chi connectivity index (χ1v) is 8.29. The fourth-order valence-corrected chi connectivity index (χ4v) is 1.99. The molecule has 0 radical (unpaired) electrons. The zero-order chi connectivity index (χ0) is 18.6. The summed E-state index contributed by atoms with van der Waals surface area (Å²) in [6.45, 7) is 5.09. The predicted octanol–water partition coefficient (Wildman–Crippen LogP) is 3.15. The van der Waals surface area contributed by atoms with Gasteiger partial charge in [0.05, 0.1) is 25.6 Å². The molecule has 0 saturated carbocycles. The van der Waals surface area contributed by atoms with Crippen LogP contribution in [0.15, 0.2) is 58.7 Å². The highest BCUT2D eigenvalue weighted by Crippen LogP contribution is 2.11. The molecule has 0 bridgehead atoms. The molecule has 2 rings (SSSR count). The maximum atomic E-state index is 11.6. The molecule has 0 fully saturated rings. The van der Waals surface area contributed by atoms with Gasteiger partial charge in [0.1, 0.15) is 11.5 Å². The second kappa shape index (κ2) is 10.5. The molecule has 0 atom stereocenters. The third-order valence-corrected chi connectivity index (χ3v) is 3.14. The largest absolute Gasteiger partial charge is 0.494 e. The number of rotatable bonds is 8. The van der Waals surface area contributed by atoms with E-state index in [4.69, 9.17) is 9.47 Å². The number of amides is 2. The van der Waals surface area contributed by atoms with Gasteiger partial charge in [0.25, 0.3) is 0 Å². The Kier molecular flexibility index (Phi) is 7.67. The minimum absolute atomic E-state index is 0.533. The Hall–Kier alpha value is -3.35. The van der Waals surface area contributed by atoms with E-state index in [0.29, 0.717) is 13.2 Å². The molecule has 0 spiro atoms. The predicted molar refractivity (Wildman–Crippen MR) is 102 cm³/mol. The summed E-state index contributed by atoms with van der Waals surface area (Å²) in [5.74, 6) is 1.58. The van der Waals surface area contributed by atoms with Crippen LogP contribution in [0, 0.1) is 0 Å². The van der Waals surface area contributed by atoms with Gasteiger partial charge in [-0.05, 0) is 73.5 Å². The van der Waals surface area contributed by atoms with Gasteiger partial charge in [0.2, 0.25) is 0 Å². The van der Waals surface area contributed by atoms with Gasteiger partial charge in [-0.2, -0.15) is 10.2 Å². The van der Waals surface area contributed by atoms with E-state index >= 15 is 0 Å². The van der Waals surface area contributed by atoms with Gasteiger partial charge in [-0.25, -0.2) is 15.6 Å². The number of hydrogen-bond donors (Lipinski definition) is 2. The molecule has 136 valence electrons. The number of ether oxygens (including phenoxy) is 2. The van der Waals surface area contributed by atoms with Crippen LogP contribution in [0.25, 0.3) is 0 Å². The van der Waals surface area contributed by atoms with E-state index in [1.165, 1.54) is 12.4 Å². The van der Waals surface area contributed by atoms with Gasteiger partial charge in [0, 0.05) is 0 Å². The van der Waals surface area contributed by atoms with Crippen LogP contribution in [0.5, 0.6) is 11.5 Å². The summed E-state index contributed by atoms with van der Waals surface area (Å²) in [7, 11) is 0. The van der Waals surface area contributed by atoms with E-state index < -0.39 is 6.03 Å². The minimum Gasteiger partial charge on any atom is -0.494 e. The van der Waals surface area contributed by atoms with Crippen molar-refractivity contribution >= 4 is 18.5 Å². The number of benzene rings is 2. The molecule has 2 N–H and O–H groups in total. The SMILES string of the molecule is CCOc1ccc(/C=N\NC(=O)N/N=C\c2ccc(OCC)cc2)cc1. The molecule has 2 amide bonds. The quantitative estimate of drug-likeness (QED) is 0.564. The van der Waals surface area contributed by atoms with E-state index in [-0.39, 0.29) is 0 Å². The fraction of sp³-hybridized carbons (Fsp3) is 0.211. The van der Waals surface area contributed by atoms with E-state index in [1.807, 2.05) is 62.4 Å². The number of hydrogen-bond acceptors (Lipinski definition) is 5. The van der Waals surface area contributed by atoms with Crippen LogP contribution in [0.2, 0.25) is 0 Å². The molecule has 7 nitrogen and oxygen atoms in total. The highest BCUT2D eigenvalue weighted by Gasteiger charge is 1.96. The molecule has 2 aromatic carbocycles. The Balaban J connectivity index is 1.75. The third kappa shape index (κ3) is 6.64. The van der Waals surface area contributed by atoms with E-state index in [9.17, 15) is 4.79 Å². The molecular formula is C19H22N4O3. The van der Waals surface area contributed by atoms with Crippen molar-refractivity contribution in [1.82, 2.24) is 10.9 Å². The van der Waals surface area contributed by atoms with Crippen molar-refractivity contribution in [3.05, 3.63) is 59.7 Å². The van der Waals surface area contributed by atoms with E-state index in [1.54, 1.807) is 0 Å². The first kappa shape index (κ1) is 19.0. The molecule has 2 aromatic rings. The lowest BCUT2D eigenvalue weighted by atomic mass is 10.2. The van der Waals surface area contributed by atoms with Crippen LogP contribution in [-0.2, 0) is 0 Å². The van der Waals surface area contributed by atoms with Crippen LogP contribution in [0.4, 0.5) is 4.79 Å². The first-order valence-electron chi connectivity index (χ1n) is 8.29. The van der Waals surface area contributed by atoms with Crippen LogP contribution >= 0.6 is 0 Å². The third-order valence-electron chi connectivity index (χ3n) is 3.14. The maximum Gasteiger partial charge on any atom is 0.355 e. The molecule has 0 saturated heterocycles. The monoisotopic (exact) mass is 354 g/mol. The average Bonchev–Trinajstić information content (AvgIpc) is 2.65. The first-order chi connectivity index (χ1) is 12.7. The smallest absolute Gasteiger partial charge is 0.355 e. The lowest BCUT2D eigenvalue weighted by Gasteiger charge is -2.02. The molecule has 0 aliphatic rings. The Bertz CT molecular complexity index is 677. The molecule has 0 aromatic heterocycles.